The van der Waals surface area contributed by atoms with Gasteiger partial charge in [-0.25, -0.2) is 25.9 Å². The van der Waals surface area contributed by atoms with Gasteiger partial charge < -0.3 is 9.47 Å². The third kappa shape index (κ3) is 4.53. The molecular formula is C15H22N2O7S2. The van der Waals surface area contributed by atoms with Crippen molar-refractivity contribution in [2.45, 2.75) is 24.7 Å². The van der Waals surface area contributed by atoms with Gasteiger partial charge in [-0.2, -0.15) is 0 Å². The average Bonchev–Trinajstić information content (AvgIpc) is 2.85. The normalized spacial score (nSPS) is 16.8. The molecule has 1 aliphatic rings. The third-order valence-corrected chi connectivity index (χ3v) is 6.82. The number of carbonyl (C=O) groups is 1. The number of ether oxygens (including phenoxy) is 2. The summed E-state index contributed by atoms with van der Waals surface area (Å²) in [5.74, 6) is -0.804. The molecule has 0 radical (unpaired) electrons. The van der Waals surface area contributed by atoms with E-state index in [9.17, 15) is 21.6 Å². The summed E-state index contributed by atoms with van der Waals surface area (Å²) in [6, 6.07) is 3.85. The number of rotatable bonds is 9. The highest BCUT2D eigenvalue weighted by Crippen LogP contribution is 2.32. The molecular weight excluding hydrogens is 384 g/mol. The Kier molecular flexibility index (Phi) is 6.61. The first-order chi connectivity index (χ1) is 12.2. The molecule has 1 amide bonds. The summed E-state index contributed by atoms with van der Waals surface area (Å²) in [6.07, 6.45) is 0.339. The Morgan fingerprint density at radius 3 is 2.62 bits per heavy atom. The highest BCUT2D eigenvalue weighted by Gasteiger charge is 2.37. The number of nitrogens with one attached hydrogen (secondary N) is 1. The lowest BCUT2D eigenvalue weighted by Gasteiger charge is -2.18. The molecule has 2 rings (SSSR count). The van der Waals surface area contributed by atoms with Gasteiger partial charge in [0.1, 0.15) is 10.6 Å². The summed E-state index contributed by atoms with van der Waals surface area (Å²) >= 11 is 0. The van der Waals surface area contributed by atoms with Gasteiger partial charge in [0.15, 0.2) is 0 Å². The summed E-state index contributed by atoms with van der Waals surface area (Å²) in [6.45, 7) is 2.46. The van der Waals surface area contributed by atoms with Crippen molar-refractivity contribution in [3.63, 3.8) is 0 Å². The molecule has 1 N–H and O–H groups in total. The summed E-state index contributed by atoms with van der Waals surface area (Å²) in [4.78, 5) is 11.7. The Morgan fingerprint density at radius 1 is 1.31 bits per heavy atom. The van der Waals surface area contributed by atoms with E-state index in [4.69, 9.17) is 9.47 Å². The molecule has 1 saturated heterocycles. The summed E-state index contributed by atoms with van der Waals surface area (Å²) in [5, 5.41) is 0. The van der Waals surface area contributed by atoms with Crippen LogP contribution >= 0.6 is 0 Å². The minimum Gasteiger partial charge on any atom is -0.492 e. The maximum Gasteiger partial charge on any atom is 0.244 e. The van der Waals surface area contributed by atoms with Gasteiger partial charge in [0.25, 0.3) is 0 Å². The van der Waals surface area contributed by atoms with Gasteiger partial charge in [-0.1, -0.05) is 0 Å². The van der Waals surface area contributed by atoms with Crippen LogP contribution in [0.15, 0.2) is 23.1 Å². The van der Waals surface area contributed by atoms with Gasteiger partial charge in [0.2, 0.25) is 26.0 Å². The van der Waals surface area contributed by atoms with E-state index in [0.717, 1.165) is 6.07 Å². The Balaban J connectivity index is 2.41. The van der Waals surface area contributed by atoms with E-state index in [1.807, 2.05) is 0 Å². The van der Waals surface area contributed by atoms with E-state index < -0.39 is 26.0 Å². The number of anilines is 1. The number of carbonyl (C=O) groups excluding carboxylic acids is 1. The summed E-state index contributed by atoms with van der Waals surface area (Å²) < 4.78 is 62.7. The van der Waals surface area contributed by atoms with E-state index in [-0.39, 0.29) is 41.7 Å². The van der Waals surface area contributed by atoms with Crippen LogP contribution in [0.5, 0.6) is 5.75 Å². The molecule has 0 spiro atoms. The molecule has 1 heterocycles. The number of hydrogen-bond donors (Lipinski definition) is 1. The first kappa shape index (κ1) is 20.6. The second-order valence-electron chi connectivity index (χ2n) is 5.53. The van der Waals surface area contributed by atoms with Crippen LogP contribution in [0, 0.1) is 0 Å². The van der Waals surface area contributed by atoms with Gasteiger partial charge >= 0.3 is 0 Å². The Morgan fingerprint density at radius 2 is 2.04 bits per heavy atom. The molecule has 11 heteroatoms. The van der Waals surface area contributed by atoms with E-state index in [1.54, 1.807) is 6.92 Å². The van der Waals surface area contributed by atoms with Gasteiger partial charge in [-0.3, -0.25) is 4.79 Å². The van der Waals surface area contributed by atoms with E-state index in [0.29, 0.717) is 17.3 Å². The van der Waals surface area contributed by atoms with Crippen LogP contribution in [0.4, 0.5) is 5.69 Å². The average molecular weight is 406 g/mol. The third-order valence-electron chi connectivity index (χ3n) is 3.65. The second-order valence-corrected chi connectivity index (χ2v) is 9.20. The van der Waals surface area contributed by atoms with Crippen LogP contribution in [0.2, 0.25) is 0 Å². The minimum absolute atomic E-state index is 0.0202. The lowest BCUT2D eigenvalue weighted by Crippen LogP contribution is -2.30. The fourth-order valence-corrected chi connectivity index (χ4v) is 5.17. The van der Waals surface area contributed by atoms with Gasteiger partial charge in [0, 0.05) is 26.7 Å². The van der Waals surface area contributed by atoms with Crippen molar-refractivity contribution in [3.05, 3.63) is 18.2 Å². The Labute approximate surface area is 153 Å². The molecule has 0 saturated carbocycles. The van der Waals surface area contributed by atoms with Crippen molar-refractivity contribution < 1.29 is 31.1 Å². The van der Waals surface area contributed by atoms with Crippen molar-refractivity contribution in [2.75, 3.05) is 36.9 Å². The minimum atomic E-state index is -3.96. The number of methoxy groups -OCH3 is 1. The number of benzene rings is 1. The first-order valence-corrected chi connectivity index (χ1v) is 11.1. The predicted octanol–water partition coefficient (Wildman–Crippen LogP) is 0.467. The molecule has 1 aliphatic heterocycles. The van der Waals surface area contributed by atoms with E-state index >= 15 is 0 Å². The number of nitrogens with zero attached hydrogens (tertiary/aromatic N) is 1. The Bertz CT molecular complexity index is 866. The zero-order chi connectivity index (χ0) is 19.4. The molecule has 0 aliphatic carbocycles. The predicted molar refractivity (Wildman–Crippen MR) is 95.2 cm³/mol. The fraction of sp³-hybridized carbons (Fsp3) is 0.533. The maximum atomic E-state index is 12.6. The summed E-state index contributed by atoms with van der Waals surface area (Å²) in [5.41, 5.74) is -0.0202. The molecule has 1 fully saturated rings. The van der Waals surface area contributed by atoms with Crippen LogP contribution in [-0.4, -0.2) is 55.4 Å². The molecule has 0 atom stereocenters. The number of hydrogen-bond acceptors (Lipinski definition) is 7. The lowest BCUT2D eigenvalue weighted by atomic mass is 10.3. The van der Waals surface area contributed by atoms with Crippen molar-refractivity contribution >= 4 is 31.6 Å². The van der Waals surface area contributed by atoms with E-state index in [2.05, 4.69) is 4.72 Å². The molecule has 0 bridgehead atoms. The smallest absolute Gasteiger partial charge is 0.244 e. The fourth-order valence-electron chi connectivity index (χ4n) is 2.48. The van der Waals surface area contributed by atoms with Crippen LogP contribution < -0.4 is 13.8 Å². The van der Waals surface area contributed by atoms with Crippen LogP contribution in [0.3, 0.4) is 0 Å². The molecule has 9 nitrogen and oxygen atoms in total. The maximum absolute atomic E-state index is 12.6. The van der Waals surface area contributed by atoms with Crippen molar-refractivity contribution in [2.24, 2.45) is 0 Å². The van der Waals surface area contributed by atoms with Crippen LogP contribution in [0.25, 0.3) is 0 Å². The Hall–Kier alpha value is -1.69. The van der Waals surface area contributed by atoms with E-state index in [1.165, 1.54) is 19.2 Å². The zero-order valence-electron chi connectivity index (χ0n) is 14.6. The topological polar surface area (TPSA) is 119 Å². The molecule has 146 valence electrons. The monoisotopic (exact) mass is 406 g/mol. The quantitative estimate of drug-likeness (QED) is 0.592. The molecule has 0 aromatic heterocycles. The van der Waals surface area contributed by atoms with Crippen LogP contribution in [-0.2, 0) is 29.6 Å². The molecule has 1 aromatic carbocycles. The molecule has 0 unspecified atom stereocenters. The highest BCUT2D eigenvalue weighted by molar-refractivity contribution is 7.94. The number of sulfonamides is 2. The molecule has 26 heavy (non-hydrogen) atoms. The number of amides is 1. The van der Waals surface area contributed by atoms with Gasteiger partial charge in [0.05, 0.1) is 18.0 Å². The zero-order valence-corrected chi connectivity index (χ0v) is 16.2. The lowest BCUT2D eigenvalue weighted by molar-refractivity contribution is -0.116. The van der Waals surface area contributed by atoms with Crippen LogP contribution in [0.1, 0.15) is 19.8 Å². The van der Waals surface area contributed by atoms with Crippen molar-refractivity contribution in [3.8, 4) is 5.75 Å². The standard InChI is InChI=1S/C15H22N2O7S2/c1-3-24-13-6-5-12(17-15(18)7-10-25(17,19)20)11-14(13)26(21,22)16-8-4-9-23-2/h5-6,11,16H,3-4,7-10H2,1-2H3. The van der Waals surface area contributed by atoms with Crippen molar-refractivity contribution in [1.29, 1.82) is 0 Å². The van der Waals surface area contributed by atoms with Crippen molar-refractivity contribution in [1.82, 2.24) is 4.72 Å². The SMILES string of the molecule is CCOc1ccc(N2C(=O)CCS2(=O)=O)cc1S(=O)(=O)NCCCOC. The largest absolute Gasteiger partial charge is 0.492 e. The first-order valence-electron chi connectivity index (χ1n) is 8.04. The molecule has 1 aromatic rings. The highest BCUT2D eigenvalue weighted by atomic mass is 32.2. The summed E-state index contributed by atoms with van der Waals surface area (Å²) in [7, 11) is -6.24. The van der Waals surface area contributed by atoms with Gasteiger partial charge in [-0.15, -0.1) is 0 Å². The second kappa shape index (κ2) is 8.33. The van der Waals surface area contributed by atoms with Gasteiger partial charge in [-0.05, 0) is 31.5 Å².